The molecule has 0 aromatic heterocycles. The van der Waals surface area contributed by atoms with Gasteiger partial charge in [-0.15, -0.1) is 0 Å². The summed E-state index contributed by atoms with van der Waals surface area (Å²) in [7, 11) is 4.31. The van der Waals surface area contributed by atoms with Crippen molar-refractivity contribution in [2.75, 3.05) is 32.1 Å². The van der Waals surface area contributed by atoms with Gasteiger partial charge in [0, 0.05) is 29.7 Å². The summed E-state index contributed by atoms with van der Waals surface area (Å²) in [5.74, 6) is 0.104. The van der Waals surface area contributed by atoms with Crippen molar-refractivity contribution in [3.63, 3.8) is 0 Å². The summed E-state index contributed by atoms with van der Waals surface area (Å²) >= 11 is 3.59. The van der Waals surface area contributed by atoms with Gasteiger partial charge in [-0.3, -0.25) is 5.41 Å². The number of halogens is 1. The van der Waals surface area contributed by atoms with Crippen LogP contribution in [-0.2, 0) is 0 Å². The monoisotopic (exact) mass is 324 g/mol. The van der Waals surface area contributed by atoms with Crippen molar-refractivity contribution in [3.05, 3.63) is 28.2 Å². The molecule has 1 heterocycles. The molecule has 0 saturated carbocycles. The lowest BCUT2D eigenvalue weighted by atomic mass is 10.0. The second kappa shape index (κ2) is 5.92. The molecule has 104 valence electrons. The zero-order valence-electron chi connectivity index (χ0n) is 11.5. The highest BCUT2D eigenvalue weighted by atomic mass is 79.9. The molecule has 3 N–H and O–H groups in total. The van der Waals surface area contributed by atoms with Crippen molar-refractivity contribution in [1.82, 2.24) is 4.90 Å². The van der Waals surface area contributed by atoms with Crippen molar-refractivity contribution >= 4 is 27.5 Å². The van der Waals surface area contributed by atoms with Crippen LogP contribution in [0.25, 0.3) is 0 Å². The fraction of sp³-hybridized carbons (Fsp3) is 0.500. The van der Waals surface area contributed by atoms with Gasteiger partial charge in [-0.1, -0.05) is 0 Å². The number of amidine groups is 1. The van der Waals surface area contributed by atoms with Crippen LogP contribution in [0.5, 0.6) is 0 Å². The summed E-state index contributed by atoms with van der Waals surface area (Å²) < 4.78 is 0.996. The van der Waals surface area contributed by atoms with Crippen LogP contribution in [-0.4, -0.2) is 44.0 Å². The third-order valence-corrected chi connectivity index (χ3v) is 4.42. The Morgan fingerprint density at radius 3 is 2.84 bits per heavy atom. The van der Waals surface area contributed by atoms with Crippen molar-refractivity contribution in [3.8, 4) is 0 Å². The number of nitrogen functional groups attached to an aromatic ring is 1. The lowest BCUT2D eigenvalue weighted by Gasteiger charge is -2.37. The molecule has 1 atom stereocenters. The number of nitrogens with one attached hydrogen (secondary N) is 1. The Kier molecular flexibility index (Phi) is 4.47. The van der Waals surface area contributed by atoms with Gasteiger partial charge < -0.3 is 15.5 Å². The van der Waals surface area contributed by atoms with E-state index < -0.39 is 0 Å². The lowest BCUT2D eigenvalue weighted by Crippen LogP contribution is -2.45. The number of benzene rings is 1. The van der Waals surface area contributed by atoms with E-state index in [-0.39, 0.29) is 5.84 Å². The number of likely N-dealkylation sites (tertiary alicyclic amines) is 1. The number of likely N-dealkylation sites (N-methyl/N-ethyl adjacent to an activating group) is 2. The Balaban J connectivity index is 2.19. The average Bonchev–Trinajstić information content (AvgIpc) is 2.37. The molecule has 1 fully saturated rings. The first-order valence-electron chi connectivity index (χ1n) is 6.54. The van der Waals surface area contributed by atoms with Crippen LogP contribution >= 0.6 is 15.9 Å². The Hall–Kier alpha value is -1.07. The molecular formula is C14H21BrN4. The molecule has 0 amide bonds. The quantitative estimate of drug-likeness (QED) is 0.662. The van der Waals surface area contributed by atoms with E-state index in [1.54, 1.807) is 0 Å². The maximum absolute atomic E-state index is 7.47. The standard InChI is InChI=1S/C14H21BrN4/c1-18-7-3-4-11(9-18)19(2)13-6-5-10(14(16)17)8-12(13)15/h5-6,8,11H,3-4,7,9H2,1-2H3,(H3,16,17). The number of nitrogens with zero attached hydrogens (tertiary/aromatic N) is 2. The van der Waals surface area contributed by atoms with E-state index in [1.165, 1.54) is 19.4 Å². The molecule has 1 unspecified atom stereocenters. The summed E-state index contributed by atoms with van der Waals surface area (Å²) in [4.78, 5) is 4.70. The molecule has 2 rings (SSSR count). The van der Waals surface area contributed by atoms with Gasteiger partial charge in [0.25, 0.3) is 0 Å². The summed E-state index contributed by atoms with van der Waals surface area (Å²) in [6, 6.07) is 6.40. The molecule has 4 nitrogen and oxygen atoms in total. The number of hydrogen-bond donors (Lipinski definition) is 2. The van der Waals surface area contributed by atoms with E-state index in [9.17, 15) is 0 Å². The lowest BCUT2D eigenvalue weighted by molar-refractivity contribution is 0.248. The van der Waals surface area contributed by atoms with Gasteiger partial charge in [0.2, 0.25) is 0 Å². The van der Waals surface area contributed by atoms with Crippen LogP contribution in [0.15, 0.2) is 22.7 Å². The molecule has 0 aliphatic carbocycles. The summed E-state index contributed by atoms with van der Waals surface area (Å²) in [5, 5.41) is 7.47. The number of anilines is 1. The second-order valence-electron chi connectivity index (χ2n) is 5.25. The molecule has 0 bridgehead atoms. The smallest absolute Gasteiger partial charge is 0.122 e. The van der Waals surface area contributed by atoms with Crippen LogP contribution in [0.4, 0.5) is 5.69 Å². The van der Waals surface area contributed by atoms with E-state index >= 15 is 0 Å². The number of rotatable bonds is 3. The van der Waals surface area contributed by atoms with E-state index in [2.05, 4.69) is 39.8 Å². The normalized spacial score (nSPS) is 20.3. The largest absolute Gasteiger partial charge is 0.384 e. The Bertz CT molecular complexity index is 475. The van der Waals surface area contributed by atoms with E-state index in [1.807, 2.05) is 18.2 Å². The van der Waals surface area contributed by atoms with Crippen LogP contribution in [0, 0.1) is 5.41 Å². The summed E-state index contributed by atoms with van der Waals surface area (Å²) in [6.45, 7) is 2.28. The number of hydrogen-bond acceptors (Lipinski definition) is 3. The minimum absolute atomic E-state index is 0.104. The molecule has 1 saturated heterocycles. The fourth-order valence-corrected chi connectivity index (χ4v) is 3.27. The molecule has 19 heavy (non-hydrogen) atoms. The van der Waals surface area contributed by atoms with Crippen LogP contribution in [0.1, 0.15) is 18.4 Å². The Morgan fingerprint density at radius 1 is 1.53 bits per heavy atom. The van der Waals surface area contributed by atoms with Gasteiger partial charge in [0.05, 0.1) is 5.69 Å². The van der Waals surface area contributed by atoms with Gasteiger partial charge in [-0.2, -0.15) is 0 Å². The highest BCUT2D eigenvalue weighted by molar-refractivity contribution is 9.10. The van der Waals surface area contributed by atoms with Crippen molar-refractivity contribution in [1.29, 1.82) is 5.41 Å². The second-order valence-corrected chi connectivity index (χ2v) is 6.10. The minimum atomic E-state index is 0.104. The van der Waals surface area contributed by atoms with Gasteiger partial charge in [-0.05, 0) is 60.6 Å². The Labute approximate surface area is 123 Å². The molecule has 0 radical (unpaired) electrons. The topological polar surface area (TPSA) is 56.4 Å². The highest BCUT2D eigenvalue weighted by Gasteiger charge is 2.22. The number of piperidine rings is 1. The van der Waals surface area contributed by atoms with E-state index in [4.69, 9.17) is 11.1 Å². The maximum Gasteiger partial charge on any atom is 0.122 e. The molecule has 0 spiro atoms. The zero-order chi connectivity index (χ0) is 14.0. The molecule has 1 aromatic rings. The van der Waals surface area contributed by atoms with Crippen LogP contribution < -0.4 is 10.6 Å². The van der Waals surface area contributed by atoms with E-state index in [0.29, 0.717) is 6.04 Å². The molecule has 1 aliphatic rings. The molecule has 1 aliphatic heterocycles. The van der Waals surface area contributed by atoms with Crippen molar-refractivity contribution < 1.29 is 0 Å². The van der Waals surface area contributed by atoms with Gasteiger partial charge >= 0.3 is 0 Å². The molecule has 5 heteroatoms. The first-order chi connectivity index (χ1) is 8.99. The van der Waals surface area contributed by atoms with Gasteiger partial charge in [-0.25, -0.2) is 0 Å². The SMILES string of the molecule is CN1CCCC(N(C)c2ccc(C(=N)N)cc2Br)C1. The maximum atomic E-state index is 7.47. The Morgan fingerprint density at radius 2 is 2.26 bits per heavy atom. The van der Waals surface area contributed by atoms with Crippen molar-refractivity contribution in [2.24, 2.45) is 5.73 Å². The predicted octanol–water partition coefficient (Wildman–Crippen LogP) is 2.26. The first-order valence-corrected chi connectivity index (χ1v) is 7.33. The zero-order valence-corrected chi connectivity index (χ0v) is 13.1. The average molecular weight is 325 g/mol. The van der Waals surface area contributed by atoms with Gasteiger partial charge in [0.1, 0.15) is 5.84 Å². The summed E-state index contributed by atoms with van der Waals surface area (Å²) in [6.07, 6.45) is 2.47. The third kappa shape index (κ3) is 3.28. The van der Waals surface area contributed by atoms with Crippen LogP contribution in [0.3, 0.4) is 0 Å². The fourth-order valence-electron chi connectivity index (χ4n) is 2.61. The van der Waals surface area contributed by atoms with Crippen LogP contribution in [0.2, 0.25) is 0 Å². The predicted molar refractivity (Wildman–Crippen MR) is 84.1 cm³/mol. The summed E-state index contributed by atoms with van der Waals surface area (Å²) in [5.41, 5.74) is 7.42. The van der Waals surface area contributed by atoms with E-state index in [0.717, 1.165) is 22.3 Å². The highest BCUT2D eigenvalue weighted by Crippen LogP contribution is 2.29. The first kappa shape index (κ1) is 14.3. The molecule has 1 aromatic carbocycles. The number of nitrogens with two attached hydrogens (primary N) is 1. The molecular weight excluding hydrogens is 304 g/mol. The third-order valence-electron chi connectivity index (χ3n) is 3.79. The van der Waals surface area contributed by atoms with Gasteiger partial charge in [0.15, 0.2) is 0 Å². The minimum Gasteiger partial charge on any atom is -0.384 e. The van der Waals surface area contributed by atoms with Crippen molar-refractivity contribution in [2.45, 2.75) is 18.9 Å².